The van der Waals surface area contributed by atoms with Crippen LogP contribution in [0.4, 0.5) is 5.69 Å². The van der Waals surface area contributed by atoms with Crippen molar-refractivity contribution in [3.8, 4) is 0 Å². The van der Waals surface area contributed by atoms with Crippen molar-refractivity contribution in [1.29, 1.82) is 0 Å². The molecule has 0 amide bonds. The smallest absolute Gasteiger partial charge is 0.341 e. The molecule has 0 saturated carbocycles. The van der Waals surface area contributed by atoms with Crippen molar-refractivity contribution < 1.29 is 19.2 Å². The molecule has 0 bridgehead atoms. The molecule has 0 atom stereocenters. The van der Waals surface area contributed by atoms with E-state index in [4.69, 9.17) is 9.47 Å². The predicted octanol–water partition coefficient (Wildman–Crippen LogP) is 1.75. The minimum Gasteiger partial charge on any atom is -0.462 e. The Morgan fingerprint density at radius 1 is 1.30 bits per heavy atom. The van der Waals surface area contributed by atoms with Crippen molar-refractivity contribution in [2.45, 2.75) is 27.2 Å². The van der Waals surface area contributed by atoms with Gasteiger partial charge in [0.15, 0.2) is 0 Å². The van der Waals surface area contributed by atoms with Gasteiger partial charge in [-0.25, -0.2) is 4.79 Å². The third-order valence-electron chi connectivity index (χ3n) is 5.27. The number of fused-ring (bicyclic) bond motifs is 1. The molecule has 146 valence electrons. The molecule has 1 aliphatic heterocycles. The van der Waals surface area contributed by atoms with Gasteiger partial charge in [0.05, 0.1) is 37.6 Å². The molecule has 0 spiro atoms. The minimum atomic E-state index is -0.327. The minimum absolute atomic E-state index is 0.327. The van der Waals surface area contributed by atoms with Gasteiger partial charge in [-0.2, -0.15) is 0 Å². The topological polar surface area (TPSA) is 64.9 Å². The normalized spacial score (nSPS) is 15.1. The predicted molar refractivity (Wildman–Crippen MR) is 107 cm³/mol. The number of nitrogens with zero attached hydrogens (tertiary/aromatic N) is 1. The molecule has 2 aromatic rings. The van der Waals surface area contributed by atoms with Gasteiger partial charge in [0, 0.05) is 24.5 Å². The van der Waals surface area contributed by atoms with E-state index in [0.717, 1.165) is 68.0 Å². The van der Waals surface area contributed by atoms with Crippen molar-refractivity contribution in [1.82, 2.24) is 4.98 Å². The van der Waals surface area contributed by atoms with Gasteiger partial charge in [-0.15, -0.1) is 0 Å². The number of ether oxygens (including phenoxy) is 2. The molecule has 1 fully saturated rings. The number of quaternary nitrogens is 1. The fourth-order valence-corrected chi connectivity index (χ4v) is 3.52. The summed E-state index contributed by atoms with van der Waals surface area (Å²) in [6, 6.07) is 4.13. The van der Waals surface area contributed by atoms with Gasteiger partial charge in [-0.3, -0.25) is 4.98 Å². The van der Waals surface area contributed by atoms with Crippen molar-refractivity contribution >= 4 is 22.6 Å². The number of pyridine rings is 1. The van der Waals surface area contributed by atoms with E-state index >= 15 is 0 Å². The van der Waals surface area contributed by atoms with Gasteiger partial charge in [-0.1, -0.05) is 12.1 Å². The number of hydrogen-bond donors (Lipinski definition) is 2. The SMILES string of the molecule is CCOC(=O)c1cnc2c(C)c(C)ccc2c1NCCC[NH+]1CCOCC1. The number of nitrogens with one attached hydrogen (secondary N) is 2. The zero-order chi connectivity index (χ0) is 19.2. The summed E-state index contributed by atoms with van der Waals surface area (Å²) in [5.41, 5.74) is 4.61. The highest BCUT2D eigenvalue weighted by Gasteiger charge is 2.18. The molecule has 1 saturated heterocycles. The maximum Gasteiger partial charge on any atom is 0.341 e. The maximum absolute atomic E-state index is 12.4. The first-order chi connectivity index (χ1) is 13.1. The van der Waals surface area contributed by atoms with Gasteiger partial charge in [0.25, 0.3) is 0 Å². The first kappa shape index (κ1) is 19.6. The van der Waals surface area contributed by atoms with Crippen LogP contribution in [-0.4, -0.2) is 57.0 Å². The first-order valence-corrected chi connectivity index (χ1v) is 9.83. The van der Waals surface area contributed by atoms with Crippen LogP contribution >= 0.6 is 0 Å². The summed E-state index contributed by atoms with van der Waals surface area (Å²) < 4.78 is 10.7. The van der Waals surface area contributed by atoms with E-state index in [9.17, 15) is 4.79 Å². The second-order valence-electron chi connectivity index (χ2n) is 7.06. The van der Waals surface area contributed by atoms with Crippen molar-refractivity contribution in [2.24, 2.45) is 0 Å². The summed E-state index contributed by atoms with van der Waals surface area (Å²) in [6.07, 6.45) is 2.68. The van der Waals surface area contributed by atoms with Crippen LogP contribution in [0.3, 0.4) is 0 Å². The monoisotopic (exact) mass is 372 g/mol. The van der Waals surface area contributed by atoms with Crippen LogP contribution in [0.15, 0.2) is 18.3 Å². The fourth-order valence-electron chi connectivity index (χ4n) is 3.52. The summed E-state index contributed by atoms with van der Waals surface area (Å²) in [7, 11) is 0. The van der Waals surface area contributed by atoms with E-state index in [1.165, 1.54) is 5.56 Å². The lowest BCUT2D eigenvalue weighted by atomic mass is 10.0. The van der Waals surface area contributed by atoms with Crippen molar-refractivity contribution in [3.63, 3.8) is 0 Å². The van der Waals surface area contributed by atoms with E-state index in [-0.39, 0.29) is 5.97 Å². The maximum atomic E-state index is 12.4. The van der Waals surface area contributed by atoms with Crippen LogP contribution in [-0.2, 0) is 9.47 Å². The van der Waals surface area contributed by atoms with Gasteiger partial charge in [0.1, 0.15) is 18.7 Å². The lowest BCUT2D eigenvalue weighted by Crippen LogP contribution is -3.14. The molecule has 6 nitrogen and oxygen atoms in total. The molecule has 27 heavy (non-hydrogen) atoms. The summed E-state index contributed by atoms with van der Waals surface area (Å²) >= 11 is 0. The number of carbonyl (C=O) groups is 1. The molecule has 0 aliphatic carbocycles. The second kappa shape index (κ2) is 9.15. The number of aryl methyl sites for hydroxylation is 2. The number of carbonyl (C=O) groups excluding carboxylic acids is 1. The average Bonchev–Trinajstić information content (AvgIpc) is 2.69. The Morgan fingerprint density at radius 2 is 2.07 bits per heavy atom. The van der Waals surface area contributed by atoms with E-state index in [2.05, 4.69) is 30.2 Å². The number of morpholine rings is 1. The first-order valence-electron chi connectivity index (χ1n) is 9.83. The summed E-state index contributed by atoms with van der Waals surface area (Å²) in [5.74, 6) is -0.327. The Bertz CT molecular complexity index is 801. The van der Waals surface area contributed by atoms with Crippen LogP contribution in [0.2, 0.25) is 0 Å². The van der Waals surface area contributed by atoms with E-state index in [0.29, 0.717) is 12.2 Å². The Kier molecular flexibility index (Phi) is 6.63. The molecular formula is C21H30N3O3+. The summed E-state index contributed by atoms with van der Waals surface area (Å²) in [5, 5.41) is 4.47. The van der Waals surface area contributed by atoms with E-state index < -0.39 is 0 Å². The van der Waals surface area contributed by atoms with Crippen molar-refractivity contribution in [2.75, 3.05) is 51.3 Å². The van der Waals surface area contributed by atoms with Gasteiger partial charge in [0.2, 0.25) is 0 Å². The molecule has 1 aromatic heterocycles. The number of aromatic nitrogens is 1. The molecule has 3 rings (SSSR count). The molecule has 0 unspecified atom stereocenters. The van der Waals surface area contributed by atoms with Crippen LogP contribution in [0, 0.1) is 13.8 Å². The number of hydrogen-bond acceptors (Lipinski definition) is 5. The Labute approximate surface area is 160 Å². The number of rotatable bonds is 7. The molecule has 1 aliphatic rings. The largest absolute Gasteiger partial charge is 0.462 e. The zero-order valence-electron chi connectivity index (χ0n) is 16.6. The molecule has 2 heterocycles. The second-order valence-corrected chi connectivity index (χ2v) is 7.06. The van der Waals surface area contributed by atoms with E-state index in [1.54, 1.807) is 11.1 Å². The lowest BCUT2D eigenvalue weighted by molar-refractivity contribution is -0.908. The van der Waals surface area contributed by atoms with E-state index in [1.807, 2.05) is 13.0 Å². The van der Waals surface area contributed by atoms with Gasteiger partial charge < -0.3 is 19.7 Å². The molecule has 1 aromatic carbocycles. The quantitative estimate of drug-likeness (QED) is 0.573. The molecular weight excluding hydrogens is 342 g/mol. The Hall–Kier alpha value is -2.18. The zero-order valence-corrected chi connectivity index (χ0v) is 16.6. The Morgan fingerprint density at radius 3 is 2.81 bits per heavy atom. The van der Waals surface area contributed by atoms with Crippen LogP contribution in [0.1, 0.15) is 34.8 Å². The highest BCUT2D eigenvalue weighted by Crippen LogP contribution is 2.29. The highest BCUT2D eigenvalue weighted by atomic mass is 16.5. The van der Waals surface area contributed by atoms with Crippen LogP contribution in [0.5, 0.6) is 0 Å². The molecule has 6 heteroatoms. The summed E-state index contributed by atoms with van der Waals surface area (Å²) in [4.78, 5) is 18.6. The lowest BCUT2D eigenvalue weighted by Gasteiger charge is -2.24. The number of esters is 1. The van der Waals surface area contributed by atoms with Crippen molar-refractivity contribution in [3.05, 3.63) is 35.0 Å². The number of benzene rings is 1. The third-order valence-corrected chi connectivity index (χ3v) is 5.27. The van der Waals surface area contributed by atoms with Crippen LogP contribution < -0.4 is 10.2 Å². The number of anilines is 1. The van der Waals surface area contributed by atoms with Crippen LogP contribution in [0.25, 0.3) is 10.9 Å². The molecule has 0 radical (unpaired) electrons. The average molecular weight is 372 g/mol. The van der Waals surface area contributed by atoms with Gasteiger partial charge in [-0.05, 0) is 31.9 Å². The Balaban J connectivity index is 1.80. The summed E-state index contributed by atoms with van der Waals surface area (Å²) in [6.45, 7) is 12.1. The highest BCUT2D eigenvalue weighted by molar-refractivity contribution is 6.05. The standard InChI is InChI=1S/C21H29N3O3/c1-4-27-21(25)18-14-23-19-16(3)15(2)6-7-17(19)20(18)22-8-5-9-24-10-12-26-13-11-24/h6-7,14H,4-5,8-13H2,1-3H3,(H,22,23)/p+1. The third kappa shape index (κ3) is 4.57. The molecule has 2 N–H and O–H groups in total. The fraction of sp³-hybridized carbons (Fsp3) is 0.524. The van der Waals surface area contributed by atoms with Gasteiger partial charge >= 0.3 is 5.97 Å².